The van der Waals surface area contributed by atoms with Crippen molar-refractivity contribution in [1.29, 1.82) is 0 Å². The fourth-order valence-corrected chi connectivity index (χ4v) is 1.75. The Kier molecular flexibility index (Phi) is 4.16. The third-order valence-corrected chi connectivity index (χ3v) is 3.31. The van der Waals surface area contributed by atoms with Gasteiger partial charge in [0.05, 0.1) is 13.2 Å². The molecular formula is C14H19N3O2. The van der Waals surface area contributed by atoms with E-state index in [1.54, 1.807) is 7.11 Å². The van der Waals surface area contributed by atoms with Gasteiger partial charge in [-0.05, 0) is 18.1 Å². The van der Waals surface area contributed by atoms with E-state index < -0.39 is 0 Å². The van der Waals surface area contributed by atoms with Crippen molar-refractivity contribution in [2.75, 3.05) is 7.11 Å². The first-order valence-electron chi connectivity index (χ1n) is 6.39. The second kappa shape index (κ2) is 5.84. The lowest BCUT2D eigenvalue weighted by atomic mass is 10.0. The van der Waals surface area contributed by atoms with E-state index in [1.807, 2.05) is 24.3 Å². The molecule has 5 nitrogen and oxygen atoms in total. The first kappa shape index (κ1) is 13.5. The Hall–Kier alpha value is -1.88. The number of hydrogen-bond donors (Lipinski definition) is 1. The molecule has 0 aliphatic rings. The van der Waals surface area contributed by atoms with Crippen molar-refractivity contribution in [3.63, 3.8) is 0 Å². The Morgan fingerprint density at radius 1 is 1.42 bits per heavy atom. The van der Waals surface area contributed by atoms with E-state index in [2.05, 4.69) is 24.0 Å². The summed E-state index contributed by atoms with van der Waals surface area (Å²) < 4.78 is 10.4. The van der Waals surface area contributed by atoms with E-state index >= 15 is 0 Å². The number of ether oxygens (including phenoxy) is 1. The lowest BCUT2D eigenvalue weighted by Crippen LogP contribution is -2.18. The number of nitrogens with two attached hydrogens (primary N) is 1. The van der Waals surface area contributed by atoms with Gasteiger partial charge in [0, 0.05) is 5.56 Å². The van der Waals surface area contributed by atoms with Gasteiger partial charge < -0.3 is 15.0 Å². The number of hydrogen-bond acceptors (Lipinski definition) is 5. The van der Waals surface area contributed by atoms with E-state index in [4.69, 9.17) is 15.0 Å². The lowest BCUT2D eigenvalue weighted by molar-refractivity contribution is 0.312. The molecule has 0 aliphatic carbocycles. The predicted octanol–water partition coefficient (Wildman–Crippen LogP) is 2.79. The average Bonchev–Trinajstić information content (AvgIpc) is 2.95. The average molecular weight is 261 g/mol. The predicted molar refractivity (Wildman–Crippen MR) is 72.7 cm³/mol. The molecule has 1 aromatic carbocycles. The Labute approximate surface area is 112 Å². The van der Waals surface area contributed by atoms with Crippen molar-refractivity contribution in [1.82, 2.24) is 10.1 Å². The van der Waals surface area contributed by atoms with Crippen LogP contribution in [0.15, 0.2) is 28.8 Å². The first-order valence-corrected chi connectivity index (χ1v) is 6.39. The highest BCUT2D eigenvalue weighted by Gasteiger charge is 2.20. The largest absolute Gasteiger partial charge is 0.497 e. The minimum atomic E-state index is -0.225. The molecule has 19 heavy (non-hydrogen) atoms. The molecule has 2 atom stereocenters. The van der Waals surface area contributed by atoms with Crippen molar-refractivity contribution in [3.8, 4) is 17.1 Å². The fraction of sp³-hybridized carbons (Fsp3) is 0.429. The van der Waals surface area contributed by atoms with Gasteiger partial charge in [-0.15, -0.1) is 0 Å². The third-order valence-electron chi connectivity index (χ3n) is 3.31. The standard InChI is InChI=1S/C14H19N3O2/c1-4-9(2)12(15)14-16-13(17-19-14)10-6-5-7-11(8-10)18-3/h5-9,12H,4,15H2,1-3H3/t9-,12-/m1/s1. The molecule has 102 valence electrons. The number of benzene rings is 1. The van der Waals surface area contributed by atoms with Crippen LogP contribution in [0.25, 0.3) is 11.4 Å². The maximum absolute atomic E-state index is 6.08. The molecule has 5 heteroatoms. The van der Waals surface area contributed by atoms with E-state index in [0.717, 1.165) is 17.7 Å². The van der Waals surface area contributed by atoms with Crippen molar-refractivity contribution in [3.05, 3.63) is 30.2 Å². The summed E-state index contributed by atoms with van der Waals surface area (Å²) in [4.78, 5) is 4.37. The molecule has 0 aliphatic heterocycles. The van der Waals surface area contributed by atoms with Gasteiger partial charge in [-0.1, -0.05) is 37.6 Å². The van der Waals surface area contributed by atoms with Gasteiger partial charge in [0.1, 0.15) is 5.75 Å². The van der Waals surface area contributed by atoms with Crippen LogP contribution in [0.1, 0.15) is 32.2 Å². The van der Waals surface area contributed by atoms with Gasteiger partial charge >= 0.3 is 0 Å². The second-order valence-corrected chi connectivity index (χ2v) is 4.60. The summed E-state index contributed by atoms with van der Waals surface area (Å²) in [5.41, 5.74) is 6.93. The van der Waals surface area contributed by atoms with E-state index in [9.17, 15) is 0 Å². The SMILES string of the molecule is CC[C@@H](C)[C@@H](N)c1nc(-c2cccc(OC)c2)no1. The van der Waals surface area contributed by atoms with Crippen molar-refractivity contribution in [2.45, 2.75) is 26.3 Å². The summed E-state index contributed by atoms with van der Waals surface area (Å²) in [6.07, 6.45) is 0.970. The summed E-state index contributed by atoms with van der Waals surface area (Å²) in [6.45, 7) is 4.16. The van der Waals surface area contributed by atoms with Crippen LogP contribution in [0.2, 0.25) is 0 Å². The van der Waals surface area contributed by atoms with Crippen molar-refractivity contribution < 1.29 is 9.26 Å². The summed E-state index contributed by atoms with van der Waals surface area (Å²) in [6, 6.07) is 7.31. The Bertz CT molecular complexity index is 539. The molecule has 0 spiro atoms. The number of aromatic nitrogens is 2. The van der Waals surface area contributed by atoms with Gasteiger partial charge in [-0.2, -0.15) is 4.98 Å². The van der Waals surface area contributed by atoms with Crippen molar-refractivity contribution >= 4 is 0 Å². The third kappa shape index (κ3) is 2.93. The lowest BCUT2D eigenvalue weighted by Gasteiger charge is -2.12. The normalized spacial score (nSPS) is 14.1. The molecule has 0 bridgehead atoms. The van der Waals surface area contributed by atoms with Crippen LogP contribution in [0, 0.1) is 5.92 Å². The molecule has 0 radical (unpaired) electrons. The molecule has 2 N–H and O–H groups in total. The van der Waals surface area contributed by atoms with Crippen molar-refractivity contribution in [2.24, 2.45) is 11.7 Å². The molecule has 0 fully saturated rings. The van der Waals surface area contributed by atoms with E-state index in [0.29, 0.717) is 17.6 Å². The highest BCUT2D eigenvalue weighted by molar-refractivity contribution is 5.56. The van der Waals surface area contributed by atoms with Crippen LogP contribution in [0.4, 0.5) is 0 Å². The molecule has 0 saturated heterocycles. The molecule has 2 aromatic rings. The van der Waals surface area contributed by atoms with E-state index in [1.165, 1.54) is 0 Å². The smallest absolute Gasteiger partial charge is 0.244 e. The Morgan fingerprint density at radius 2 is 2.21 bits per heavy atom. The maximum atomic E-state index is 6.08. The number of methoxy groups -OCH3 is 1. The minimum absolute atomic E-state index is 0.225. The number of nitrogens with zero attached hydrogens (tertiary/aromatic N) is 2. The highest BCUT2D eigenvalue weighted by Crippen LogP contribution is 2.25. The summed E-state index contributed by atoms with van der Waals surface area (Å²) in [5, 5.41) is 3.98. The summed E-state index contributed by atoms with van der Waals surface area (Å²) >= 11 is 0. The number of rotatable bonds is 5. The maximum Gasteiger partial charge on any atom is 0.244 e. The zero-order valence-corrected chi connectivity index (χ0v) is 11.5. The first-order chi connectivity index (χ1) is 9.15. The minimum Gasteiger partial charge on any atom is -0.497 e. The van der Waals surface area contributed by atoms with Crippen LogP contribution in [-0.2, 0) is 0 Å². The molecule has 1 aromatic heterocycles. The zero-order valence-electron chi connectivity index (χ0n) is 11.5. The summed E-state index contributed by atoms with van der Waals surface area (Å²) in [5.74, 6) is 2.08. The van der Waals surface area contributed by atoms with Gasteiger partial charge in [0.15, 0.2) is 0 Å². The Balaban J connectivity index is 2.25. The fourth-order valence-electron chi connectivity index (χ4n) is 1.75. The van der Waals surface area contributed by atoms with Gasteiger partial charge in [0.25, 0.3) is 0 Å². The van der Waals surface area contributed by atoms with Gasteiger partial charge in [-0.3, -0.25) is 0 Å². The quantitative estimate of drug-likeness (QED) is 0.895. The van der Waals surface area contributed by atoms with Gasteiger partial charge in [-0.25, -0.2) is 0 Å². The molecule has 0 saturated carbocycles. The molecule has 1 heterocycles. The zero-order chi connectivity index (χ0) is 13.8. The topological polar surface area (TPSA) is 74.2 Å². The Morgan fingerprint density at radius 3 is 2.89 bits per heavy atom. The molecular weight excluding hydrogens is 242 g/mol. The molecule has 0 amide bonds. The van der Waals surface area contributed by atoms with Crippen LogP contribution in [0.5, 0.6) is 5.75 Å². The van der Waals surface area contributed by atoms with Crippen LogP contribution in [0.3, 0.4) is 0 Å². The van der Waals surface area contributed by atoms with E-state index in [-0.39, 0.29) is 6.04 Å². The second-order valence-electron chi connectivity index (χ2n) is 4.60. The van der Waals surface area contributed by atoms with Crippen LogP contribution < -0.4 is 10.5 Å². The highest BCUT2D eigenvalue weighted by atomic mass is 16.5. The monoisotopic (exact) mass is 261 g/mol. The molecule has 2 rings (SSSR count). The van der Waals surface area contributed by atoms with Crippen LogP contribution in [-0.4, -0.2) is 17.3 Å². The van der Waals surface area contributed by atoms with Gasteiger partial charge in [0.2, 0.25) is 11.7 Å². The van der Waals surface area contributed by atoms with Crippen LogP contribution >= 0.6 is 0 Å². The molecule has 0 unspecified atom stereocenters. The summed E-state index contributed by atoms with van der Waals surface area (Å²) in [7, 11) is 1.62.